The molecule has 0 fully saturated rings. The standard InChI is InChI=1S/C18H25N3O6/c1-4-26-14-7-5-13(6-8-14)17(24)19-10-16(23)27-11-15(22)21-18(25)20-9-12(2)3/h5-8,12H,4,9-11H2,1-3H3,(H,19,24)(H2,20,21,22,25). The average Bonchev–Trinajstić information content (AvgIpc) is 2.63. The van der Waals surface area contributed by atoms with Gasteiger partial charge in [-0.1, -0.05) is 13.8 Å². The van der Waals surface area contributed by atoms with E-state index in [1.165, 1.54) is 0 Å². The Balaban J connectivity index is 2.28. The maximum absolute atomic E-state index is 11.9. The molecule has 27 heavy (non-hydrogen) atoms. The quantitative estimate of drug-likeness (QED) is 0.547. The molecular formula is C18H25N3O6. The zero-order valence-corrected chi connectivity index (χ0v) is 15.7. The predicted octanol–water partition coefficient (Wildman–Crippen LogP) is 0.840. The van der Waals surface area contributed by atoms with Gasteiger partial charge >= 0.3 is 12.0 Å². The summed E-state index contributed by atoms with van der Waals surface area (Å²) in [6.45, 7) is 5.58. The molecule has 0 aliphatic rings. The van der Waals surface area contributed by atoms with Gasteiger partial charge in [0.25, 0.3) is 11.8 Å². The number of amides is 4. The lowest BCUT2D eigenvalue weighted by molar-refractivity contribution is -0.147. The van der Waals surface area contributed by atoms with Gasteiger partial charge in [-0.3, -0.25) is 19.7 Å². The second-order valence-corrected chi connectivity index (χ2v) is 5.95. The van der Waals surface area contributed by atoms with Crippen LogP contribution in [0.4, 0.5) is 4.79 Å². The lowest BCUT2D eigenvalue weighted by Crippen LogP contribution is -2.43. The van der Waals surface area contributed by atoms with E-state index in [-0.39, 0.29) is 5.92 Å². The second-order valence-electron chi connectivity index (χ2n) is 5.95. The van der Waals surface area contributed by atoms with E-state index >= 15 is 0 Å². The van der Waals surface area contributed by atoms with Crippen LogP contribution < -0.4 is 20.7 Å². The lowest BCUT2D eigenvalue weighted by atomic mass is 10.2. The second kappa shape index (κ2) is 11.5. The van der Waals surface area contributed by atoms with E-state index < -0.39 is 37.0 Å². The van der Waals surface area contributed by atoms with Gasteiger partial charge in [-0.05, 0) is 37.1 Å². The summed E-state index contributed by atoms with van der Waals surface area (Å²) >= 11 is 0. The number of urea groups is 1. The van der Waals surface area contributed by atoms with Crippen LogP contribution in [0.25, 0.3) is 0 Å². The summed E-state index contributed by atoms with van der Waals surface area (Å²) in [6.07, 6.45) is 0. The van der Waals surface area contributed by atoms with Gasteiger partial charge in [0, 0.05) is 12.1 Å². The predicted molar refractivity (Wildman–Crippen MR) is 97.3 cm³/mol. The Morgan fingerprint density at radius 2 is 1.70 bits per heavy atom. The van der Waals surface area contributed by atoms with Crippen molar-refractivity contribution in [2.45, 2.75) is 20.8 Å². The Bertz CT molecular complexity index is 658. The maximum atomic E-state index is 11.9. The van der Waals surface area contributed by atoms with E-state index in [1.807, 2.05) is 26.1 Å². The number of hydrogen-bond donors (Lipinski definition) is 3. The molecule has 9 heteroatoms. The minimum atomic E-state index is -0.799. The summed E-state index contributed by atoms with van der Waals surface area (Å²) in [5.41, 5.74) is 0.353. The van der Waals surface area contributed by atoms with Gasteiger partial charge < -0.3 is 20.1 Å². The number of carbonyl (C=O) groups excluding carboxylic acids is 4. The molecule has 0 saturated heterocycles. The highest BCUT2D eigenvalue weighted by molar-refractivity contribution is 5.97. The molecule has 3 N–H and O–H groups in total. The lowest BCUT2D eigenvalue weighted by Gasteiger charge is -2.09. The van der Waals surface area contributed by atoms with Crippen molar-refractivity contribution in [1.82, 2.24) is 16.0 Å². The molecular weight excluding hydrogens is 354 g/mol. The van der Waals surface area contributed by atoms with Crippen LogP contribution in [0.2, 0.25) is 0 Å². The summed E-state index contributed by atoms with van der Waals surface area (Å²) in [5.74, 6) is -1.15. The van der Waals surface area contributed by atoms with Gasteiger partial charge in [0.1, 0.15) is 12.3 Å². The molecule has 0 saturated carbocycles. The SMILES string of the molecule is CCOc1ccc(C(=O)NCC(=O)OCC(=O)NC(=O)NCC(C)C)cc1. The number of esters is 1. The zero-order chi connectivity index (χ0) is 20.2. The van der Waals surface area contributed by atoms with Gasteiger partial charge in [-0.15, -0.1) is 0 Å². The number of carbonyl (C=O) groups is 4. The highest BCUT2D eigenvalue weighted by Crippen LogP contribution is 2.11. The van der Waals surface area contributed by atoms with Gasteiger partial charge in [0.2, 0.25) is 0 Å². The monoisotopic (exact) mass is 379 g/mol. The van der Waals surface area contributed by atoms with E-state index in [0.29, 0.717) is 24.5 Å². The van der Waals surface area contributed by atoms with Crippen LogP contribution in [0, 0.1) is 5.92 Å². The van der Waals surface area contributed by atoms with Crippen LogP contribution in [-0.2, 0) is 14.3 Å². The first-order valence-corrected chi connectivity index (χ1v) is 8.56. The van der Waals surface area contributed by atoms with Crippen molar-refractivity contribution in [3.05, 3.63) is 29.8 Å². The molecule has 9 nitrogen and oxygen atoms in total. The molecule has 0 heterocycles. The van der Waals surface area contributed by atoms with Crippen molar-refractivity contribution in [2.24, 2.45) is 5.92 Å². The fourth-order valence-corrected chi connectivity index (χ4v) is 1.82. The summed E-state index contributed by atoms with van der Waals surface area (Å²) in [4.78, 5) is 46.4. The molecule has 0 bridgehead atoms. The van der Waals surface area contributed by atoms with Gasteiger partial charge in [-0.25, -0.2) is 4.79 Å². The molecule has 0 atom stereocenters. The highest BCUT2D eigenvalue weighted by Gasteiger charge is 2.13. The van der Waals surface area contributed by atoms with Crippen molar-refractivity contribution in [3.8, 4) is 5.75 Å². The summed E-state index contributed by atoms with van der Waals surface area (Å²) in [7, 11) is 0. The number of ether oxygens (including phenoxy) is 2. The molecule has 148 valence electrons. The molecule has 0 aliphatic carbocycles. The normalized spacial score (nSPS) is 10.1. The number of hydrogen-bond acceptors (Lipinski definition) is 6. The van der Waals surface area contributed by atoms with Crippen molar-refractivity contribution >= 4 is 23.8 Å². The van der Waals surface area contributed by atoms with Crippen molar-refractivity contribution < 1.29 is 28.7 Å². The highest BCUT2D eigenvalue weighted by atomic mass is 16.5. The third kappa shape index (κ3) is 9.24. The molecule has 0 spiro atoms. The largest absolute Gasteiger partial charge is 0.494 e. The Hall–Kier alpha value is -3.10. The van der Waals surface area contributed by atoms with Crippen molar-refractivity contribution in [1.29, 1.82) is 0 Å². The van der Waals surface area contributed by atoms with Crippen LogP contribution in [0.15, 0.2) is 24.3 Å². The number of benzene rings is 1. The fourth-order valence-electron chi connectivity index (χ4n) is 1.82. The van der Waals surface area contributed by atoms with Crippen LogP contribution in [-0.4, -0.2) is 50.1 Å². The van der Waals surface area contributed by atoms with Gasteiger partial charge in [-0.2, -0.15) is 0 Å². The molecule has 0 unspecified atom stereocenters. The number of rotatable bonds is 9. The summed E-state index contributed by atoms with van der Waals surface area (Å²) in [5, 5.41) is 6.91. The third-order valence-corrected chi connectivity index (χ3v) is 3.11. The van der Waals surface area contributed by atoms with E-state index in [4.69, 9.17) is 9.47 Å². The fraction of sp³-hybridized carbons (Fsp3) is 0.444. The average molecular weight is 379 g/mol. The van der Waals surface area contributed by atoms with Gasteiger partial charge in [0.15, 0.2) is 6.61 Å². The molecule has 4 amide bonds. The Morgan fingerprint density at radius 1 is 1.04 bits per heavy atom. The molecule has 1 aromatic rings. The van der Waals surface area contributed by atoms with Crippen LogP contribution in [0.1, 0.15) is 31.1 Å². The topological polar surface area (TPSA) is 123 Å². The smallest absolute Gasteiger partial charge is 0.325 e. The van der Waals surface area contributed by atoms with Gasteiger partial charge in [0.05, 0.1) is 6.61 Å². The molecule has 0 radical (unpaired) electrons. The minimum absolute atomic E-state index is 0.239. The first kappa shape index (κ1) is 21.9. The van der Waals surface area contributed by atoms with Crippen molar-refractivity contribution in [3.63, 3.8) is 0 Å². The number of nitrogens with one attached hydrogen (secondary N) is 3. The third-order valence-electron chi connectivity index (χ3n) is 3.11. The summed E-state index contributed by atoms with van der Waals surface area (Å²) in [6, 6.07) is 5.76. The van der Waals surface area contributed by atoms with Crippen LogP contribution >= 0.6 is 0 Å². The molecule has 0 aromatic heterocycles. The van der Waals surface area contributed by atoms with Crippen molar-refractivity contribution in [2.75, 3.05) is 26.3 Å². The molecule has 1 aromatic carbocycles. The van der Waals surface area contributed by atoms with Crippen LogP contribution in [0.3, 0.4) is 0 Å². The molecule has 0 aliphatic heterocycles. The van der Waals surface area contributed by atoms with Crippen LogP contribution in [0.5, 0.6) is 5.75 Å². The first-order valence-electron chi connectivity index (χ1n) is 8.56. The minimum Gasteiger partial charge on any atom is -0.494 e. The number of imide groups is 1. The van der Waals surface area contributed by atoms with E-state index in [9.17, 15) is 19.2 Å². The maximum Gasteiger partial charge on any atom is 0.325 e. The molecule has 1 rings (SSSR count). The van der Waals surface area contributed by atoms with E-state index in [0.717, 1.165) is 0 Å². The van der Waals surface area contributed by atoms with E-state index in [2.05, 4.69) is 10.6 Å². The Morgan fingerprint density at radius 3 is 2.30 bits per heavy atom. The Kier molecular flexibility index (Phi) is 9.35. The summed E-state index contributed by atoms with van der Waals surface area (Å²) < 4.78 is 9.98. The van der Waals surface area contributed by atoms with E-state index in [1.54, 1.807) is 24.3 Å². The Labute approximate surface area is 157 Å². The zero-order valence-electron chi connectivity index (χ0n) is 15.7. The first-order chi connectivity index (χ1) is 12.8.